The lowest BCUT2D eigenvalue weighted by atomic mass is 10.1. The fourth-order valence-corrected chi connectivity index (χ4v) is 3.55. The number of benzene rings is 2. The number of nitrogens with one attached hydrogen (secondary N) is 1. The van der Waals surface area contributed by atoms with Crippen molar-refractivity contribution in [3.05, 3.63) is 92.9 Å². The van der Waals surface area contributed by atoms with E-state index in [0.29, 0.717) is 29.8 Å². The minimum Gasteiger partial charge on any atom is -0.472 e. The predicted molar refractivity (Wildman–Crippen MR) is 116 cm³/mol. The molecule has 2 heterocycles. The Balaban J connectivity index is 1.44. The van der Waals surface area contributed by atoms with Crippen molar-refractivity contribution in [2.45, 2.75) is 6.42 Å². The highest BCUT2D eigenvalue weighted by Crippen LogP contribution is 2.32. The highest BCUT2D eigenvalue weighted by molar-refractivity contribution is 6.32. The number of rotatable bonds is 5. The summed E-state index contributed by atoms with van der Waals surface area (Å²) in [5.41, 5.74) is 3.08. The number of halogens is 1. The molecule has 8 nitrogen and oxygen atoms in total. The maximum absolute atomic E-state index is 12.6. The Bertz CT molecular complexity index is 1200. The van der Waals surface area contributed by atoms with Gasteiger partial charge in [-0.1, -0.05) is 17.7 Å². The number of fused-ring (bicyclic) bond motifs is 1. The molecule has 31 heavy (non-hydrogen) atoms. The first-order valence-corrected chi connectivity index (χ1v) is 9.70. The molecule has 156 valence electrons. The number of amides is 2. The van der Waals surface area contributed by atoms with Crippen LogP contribution in [0.3, 0.4) is 0 Å². The second kappa shape index (κ2) is 8.45. The van der Waals surface area contributed by atoms with Crippen LogP contribution >= 0.6 is 11.6 Å². The average Bonchev–Trinajstić information content (AvgIpc) is 3.42. The molecule has 0 radical (unpaired) electrons. The Morgan fingerprint density at radius 2 is 2.03 bits per heavy atom. The molecule has 0 unspecified atom stereocenters. The SMILES string of the molecule is O=C(/C=C/c1ccc(Cl)c([N+](=O)[O-])c1)Nc1ccc2c(c1)CCN2C(=O)c1ccoc1. The minimum atomic E-state index is -0.578. The normalized spacial score (nSPS) is 12.7. The van der Waals surface area contributed by atoms with E-state index in [1.807, 2.05) is 6.07 Å². The molecule has 3 aromatic rings. The molecule has 2 amide bonds. The number of nitrogens with zero attached hydrogens (tertiary/aromatic N) is 2. The molecule has 2 aromatic carbocycles. The van der Waals surface area contributed by atoms with Gasteiger partial charge in [-0.25, -0.2) is 0 Å². The number of nitro benzene ring substituents is 1. The van der Waals surface area contributed by atoms with Gasteiger partial charge in [0.1, 0.15) is 11.3 Å². The zero-order valence-electron chi connectivity index (χ0n) is 16.1. The second-order valence-electron chi connectivity index (χ2n) is 6.85. The van der Waals surface area contributed by atoms with Crippen LogP contribution in [0, 0.1) is 10.1 Å². The molecule has 1 aliphatic rings. The lowest BCUT2D eigenvalue weighted by Crippen LogP contribution is -2.28. The van der Waals surface area contributed by atoms with Crippen LogP contribution < -0.4 is 10.2 Å². The van der Waals surface area contributed by atoms with E-state index >= 15 is 0 Å². The van der Waals surface area contributed by atoms with E-state index in [1.54, 1.807) is 29.2 Å². The number of furan rings is 1. The number of hydrogen-bond acceptors (Lipinski definition) is 5. The first-order chi connectivity index (χ1) is 14.9. The molecule has 0 fully saturated rings. The smallest absolute Gasteiger partial charge is 0.288 e. The number of carbonyl (C=O) groups excluding carboxylic acids is 2. The third-order valence-electron chi connectivity index (χ3n) is 4.85. The highest BCUT2D eigenvalue weighted by atomic mass is 35.5. The van der Waals surface area contributed by atoms with Gasteiger partial charge in [0.15, 0.2) is 0 Å². The largest absolute Gasteiger partial charge is 0.472 e. The van der Waals surface area contributed by atoms with Crippen LogP contribution in [-0.4, -0.2) is 23.3 Å². The molecule has 0 saturated heterocycles. The van der Waals surface area contributed by atoms with E-state index in [0.717, 1.165) is 11.3 Å². The van der Waals surface area contributed by atoms with Crippen LogP contribution in [0.1, 0.15) is 21.5 Å². The van der Waals surface area contributed by atoms with Crippen LogP contribution in [0.2, 0.25) is 5.02 Å². The Kier molecular flexibility index (Phi) is 5.55. The monoisotopic (exact) mass is 437 g/mol. The van der Waals surface area contributed by atoms with Gasteiger partial charge in [-0.3, -0.25) is 19.7 Å². The van der Waals surface area contributed by atoms with Gasteiger partial charge in [0, 0.05) is 30.1 Å². The number of carbonyl (C=O) groups is 2. The summed E-state index contributed by atoms with van der Waals surface area (Å²) in [5, 5.41) is 13.8. The minimum absolute atomic E-state index is 0.0324. The maximum atomic E-state index is 12.6. The molecular weight excluding hydrogens is 422 g/mol. The summed E-state index contributed by atoms with van der Waals surface area (Å²) in [6.07, 6.45) is 6.30. The molecule has 4 rings (SSSR count). The van der Waals surface area contributed by atoms with Gasteiger partial charge in [-0.2, -0.15) is 0 Å². The second-order valence-corrected chi connectivity index (χ2v) is 7.26. The Morgan fingerprint density at radius 1 is 1.19 bits per heavy atom. The molecule has 9 heteroatoms. The highest BCUT2D eigenvalue weighted by Gasteiger charge is 2.26. The van der Waals surface area contributed by atoms with E-state index in [2.05, 4.69) is 5.32 Å². The Labute approximate surface area is 181 Å². The van der Waals surface area contributed by atoms with Gasteiger partial charge in [0.05, 0.1) is 16.7 Å². The molecule has 0 atom stereocenters. The molecule has 0 saturated carbocycles. The molecular formula is C22H16ClN3O5. The van der Waals surface area contributed by atoms with Crippen molar-refractivity contribution in [2.75, 3.05) is 16.8 Å². The van der Waals surface area contributed by atoms with Gasteiger partial charge in [-0.15, -0.1) is 0 Å². The zero-order valence-corrected chi connectivity index (χ0v) is 16.8. The molecule has 1 aliphatic heterocycles. The summed E-state index contributed by atoms with van der Waals surface area (Å²) >= 11 is 5.79. The van der Waals surface area contributed by atoms with Crippen molar-refractivity contribution >= 4 is 46.6 Å². The maximum Gasteiger partial charge on any atom is 0.288 e. The number of anilines is 2. The fourth-order valence-electron chi connectivity index (χ4n) is 3.36. The quantitative estimate of drug-likeness (QED) is 0.354. The zero-order chi connectivity index (χ0) is 22.0. The lowest BCUT2D eigenvalue weighted by molar-refractivity contribution is -0.384. The fraction of sp³-hybridized carbons (Fsp3) is 0.0909. The van der Waals surface area contributed by atoms with E-state index in [4.69, 9.17) is 16.0 Å². The molecule has 1 N–H and O–H groups in total. The topological polar surface area (TPSA) is 106 Å². The third kappa shape index (κ3) is 4.34. The van der Waals surface area contributed by atoms with Crippen LogP contribution in [0.4, 0.5) is 17.1 Å². The van der Waals surface area contributed by atoms with E-state index < -0.39 is 4.92 Å². The summed E-state index contributed by atoms with van der Waals surface area (Å²) in [4.78, 5) is 36.9. The van der Waals surface area contributed by atoms with Gasteiger partial charge >= 0.3 is 0 Å². The van der Waals surface area contributed by atoms with Crippen molar-refractivity contribution in [1.29, 1.82) is 0 Å². The van der Waals surface area contributed by atoms with Gasteiger partial charge < -0.3 is 14.6 Å². The van der Waals surface area contributed by atoms with Crippen LogP contribution in [0.5, 0.6) is 0 Å². The van der Waals surface area contributed by atoms with Crippen molar-refractivity contribution < 1.29 is 18.9 Å². The van der Waals surface area contributed by atoms with Crippen LogP contribution in [0.15, 0.2) is 65.5 Å². The predicted octanol–water partition coefficient (Wildman–Crippen LogP) is 4.70. The first-order valence-electron chi connectivity index (χ1n) is 9.32. The van der Waals surface area contributed by atoms with E-state index in [9.17, 15) is 19.7 Å². The lowest BCUT2D eigenvalue weighted by Gasteiger charge is -2.16. The van der Waals surface area contributed by atoms with Crippen molar-refractivity contribution in [3.8, 4) is 0 Å². The average molecular weight is 438 g/mol. The van der Waals surface area contributed by atoms with Crippen molar-refractivity contribution in [1.82, 2.24) is 0 Å². The third-order valence-corrected chi connectivity index (χ3v) is 5.17. The molecule has 1 aromatic heterocycles. The van der Waals surface area contributed by atoms with Gasteiger partial charge in [-0.05, 0) is 54.0 Å². The Hall–Kier alpha value is -3.91. The number of nitro groups is 1. The van der Waals surface area contributed by atoms with Crippen molar-refractivity contribution in [2.24, 2.45) is 0 Å². The summed E-state index contributed by atoms with van der Waals surface area (Å²) in [7, 11) is 0. The molecule has 0 bridgehead atoms. The Morgan fingerprint density at radius 3 is 2.77 bits per heavy atom. The molecule has 0 aliphatic carbocycles. The van der Waals surface area contributed by atoms with Crippen LogP contribution in [0.25, 0.3) is 6.08 Å². The first kappa shape index (κ1) is 20.4. The summed E-state index contributed by atoms with van der Waals surface area (Å²) < 4.78 is 4.98. The standard InChI is InChI=1S/C22H16ClN3O5/c23-18-4-1-14(11-20(18)26(29)30)2-6-21(27)24-17-3-5-19-15(12-17)7-9-25(19)22(28)16-8-10-31-13-16/h1-6,8,10-13H,7,9H2,(H,24,27)/b6-2+. The summed E-state index contributed by atoms with van der Waals surface area (Å²) in [6.45, 7) is 0.548. The van der Waals surface area contributed by atoms with E-state index in [-0.39, 0.29) is 22.5 Å². The molecule has 0 spiro atoms. The van der Waals surface area contributed by atoms with E-state index in [1.165, 1.54) is 36.8 Å². The van der Waals surface area contributed by atoms with Crippen molar-refractivity contribution in [3.63, 3.8) is 0 Å². The summed E-state index contributed by atoms with van der Waals surface area (Å²) in [6, 6.07) is 11.3. The van der Waals surface area contributed by atoms with Crippen LogP contribution in [-0.2, 0) is 11.2 Å². The number of hydrogen-bond donors (Lipinski definition) is 1. The van der Waals surface area contributed by atoms with Gasteiger partial charge in [0.2, 0.25) is 5.91 Å². The van der Waals surface area contributed by atoms with Gasteiger partial charge in [0.25, 0.3) is 11.6 Å². The summed E-state index contributed by atoms with van der Waals surface area (Å²) in [5.74, 6) is -0.522.